The summed E-state index contributed by atoms with van der Waals surface area (Å²) in [5.74, 6) is 1.33. The first-order valence-electron chi connectivity index (χ1n) is 10.7. The standard InChI is InChI=1S/C24H23NO7S2/c1-16-12-17-13-19(33(26,27)20-7-9-23-24(15-20)32-11-10-31-23)6-8-22(17)25(16)34(28,29)21-5-3-4-18(14-21)30-2/h3-9,13-16H,10-12H2,1-2H3. The summed E-state index contributed by atoms with van der Waals surface area (Å²) in [6, 6.07) is 15.0. The highest BCUT2D eigenvalue weighted by atomic mass is 32.2. The van der Waals surface area contributed by atoms with Crippen LogP contribution >= 0.6 is 0 Å². The molecule has 1 atom stereocenters. The second kappa shape index (κ2) is 8.21. The van der Waals surface area contributed by atoms with E-state index in [1.165, 1.54) is 41.7 Å². The molecular formula is C24H23NO7S2. The summed E-state index contributed by atoms with van der Waals surface area (Å²) in [6.45, 7) is 2.56. The number of sulfonamides is 1. The maximum Gasteiger partial charge on any atom is 0.264 e. The zero-order valence-corrected chi connectivity index (χ0v) is 20.2. The molecule has 10 heteroatoms. The summed E-state index contributed by atoms with van der Waals surface area (Å²) in [6.07, 6.45) is 0.392. The third-order valence-electron chi connectivity index (χ3n) is 5.94. The predicted octanol–water partition coefficient (Wildman–Crippen LogP) is 3.44. The second-order valence-corrected chi connectivity index (χ2v) is 11.9. The lowest BCUT2D eigenvalue weighted by Crippen LogP contribution is -2.35. The van der Waals surface area contributed by atoms with E-state index < -0.39 is 19.9 Å². The van der Waals surface area contributed by atoms with Gasteiger partial charge in [0.15, 0.2) is 11.5 Å². The van der Waals surface area contributed by atoms with Crippen LogP contribution in [-0.2, 0) is 26.3 Å². The lowest BCUT2D eigenvalue weighted by Gasteiger charge is -2.24. The summed E-state index contributed by atoms with van der Waals surface area (Å²) in [5.41, 5.74) is 1.12. The van der Waals surface area contributed by atoms with Crippen molar-refractivity contribution in [3.8, 4) is 17.2 Å². The monoisotopic (exact) mass is 501 g/mol. The van der Waals surface area contributed by atoms with Crippen molar-refractivity contribution in [1.82, 2.24) is 0 Å². The second-order valence-electron chi connectivity index (χ2n) is 8.13. The molecule has 2 aliphatic rings. The van der Waals surface area contributed by atoms with Gasteiger partial charge in [0, 0.05) is 18.2 Å². The third-order valence-corrected chi connectivity index (χ3v) is 9.61. The highest BCUT2D eigenvalue weighted by molar-refractivity contribution is 7.93. The van der Waals surface area contributed by atoms with Crippen LogP contribution in [0.5, 0.6) is 17.2 Å². The van der Waals surface area contributed by atoms with E-state index in [1.54, 1.807) is 37.3 Å². The maximum absolute atomic E-state index is 13.4. The number of hydrogen-bond acceptors (Lipinski definition) is 7. The van der Waals surface area contributed by atoms with Crippen molar-refractivity contribution in [2.75, 3.05) is 24.6 Å². The molecule has 5 rings (SSSR count). The average molecular weight is 502 g/mol. The number of ether oxygens (including phenoxy) is 3. The molecule has 8 nitrogen and oxygen atoms in total. The van der Waals surface area contributed by atoms with Crippen molar-refractivity contribution in [2.24, 2.45) is 0 Å². The summed E-state index contributed by atoms with van der Waals surface area (Å²) >= 11 is 0. The molecule has 0 spiro atoms. The van der Waals surface area contributed by atoms with Crippen LogP contribution in [0.15, 0.2) is 75.4 Å². The van der Waals surface area contributed by atoms with Crippen LogP contribution in [-0.4, -0.2) is 43.2 Å². The number of anilines is 1. The van der Waals surface area contributed by atoms with Crippen molar-refractivity contribution in [3.05, 3.63) is 66.2 Å². The van der Waals surface area contributed by atoms with E-state index in [1.807, 2.05) is 0 Å². The molecule has 2 aliphatic heterocycles. The Balaban J connectivity index is 1.52. The molecule has 3 aromatic carbocycles. The summed E-state index contributed by atoms with van der Waals surface area (Å²) < 4.78 is 71.1. The highest BCUT2D eigenvalue weighted by Gasteiger charge is 2.37. The lowest BCUT2D eigenvalue weighted by atomic mass is 10.1. The molecule has 0 bridgehead atoms. The van der Waals surface area contributed by atoms with Gasteiger partial charge in [-0.1, -0.05) is 6.07 Å². The Labute approximate surface area is 198 Å². The van der Waals surface area contributed by atoms with E-state index in [-0.39, 0.29) is 20.7 Å². The van der Waals surface area contributed by atoms with Gasteiger partial charge in [0.25, 0.3) is 10.0 Å². The summed E-state index contributed by atoms with van der Waals surface area (Å²) in [7, 11) is -6.24. The number of hydrogen-bond donors (Lipinski definition) is 0. The Kier molecular flexibility index (Phi) is 5.44. The normalized spacial score (nSPS) is 17.4. The van der Waals surface area contributed by atoms with Gasteiger partial charge in [-0.25, -0.2) is 16.8 Å². The minimum absolute atomic E-state index is 0.0867. The van der Waals surface area contributed by atoms with E-state index in [9.17, 15) is 16.8 Å². The van der Waals surface area contributed by atoms with Crippen LogP contribution in [0.2, 0.25) is 0 Å². The number of sulfone groups is 1. The topological polar surface area (TPSA) is 99.2 Å². The maximum atomic E-state index is 13.4. The number of rotatable bonds is 5. The average Bonchev–Trinajstić information content (AvgIpc) is 3.19. The molecule has 0 saturated heterocycles. The molecule has 0 radical (unpaired) electrons. The minimum atomic E-state index is -3.87. The first-order chi connectivity index (χ1) is 16.2. The zero-order chi connectivity index (χ0) is 24.1. The van der Waals surface area contributed by atoms with Crippen LogP contribution in [0.25, 0.3) is 0 Å². The van der Waals surface area contributed by atoms with Gasteiger partial charge in [0.05, 0.1) is 27.5 Å². The van der Waals surface area contributed by atoms with E-state index in [2.05, 4.69) is 0 Å². The van der Waals surface area contributed by atoms with E-state index >= 15 is 0 Å². The Hall–Kier alpha value is -3.24. The molecule has 0 saturated carbocycles. The van der Waals surface area contributed by atoms with Crippen LogP contribution in [0, 0.1) is 0 Å². The van der Waals surface area contributed by atoms with Crippen molar-refractivity contribution >= 4 is 25.5 Å². The molecule has 3 aromatic rings. The zero-order valence-electron chi connectivity index (χ0n) is 18.6. The Morgan fingerprint density at radius 1 is 0.853 bits per heavy atom. The fourth-order valence-corrected chi connectivity index (χ4v) is 7.37. The SMILES string of the molecule is COc1cccc(S(=O)(=O)N2c3ccc(S(=O)(=O)c4ccc5c(c4)OCCO5)cc3CC2C)c1. The number of methoxy groups -OCH3 is 1. The molecule has 0 amide bonds. The molecule has 34 heavy (non-hydrogen) atoms. The van der Waals surface area contributed by atoms with E-state index in [0.29, 0.717) is 48.1 Å². The first kappa shape index (κ1) is 22.5. The number of benzene rings is 3. The molecule has 0 aromatic heterocycles. The fourth-order valence-electron chi connectivity index (χ4n) is 4.31. The Morgan fingerprint density at radius 3 is 2.32 bits per heavy atom. The molecular weight excluding hydrogens is 478 g/mol. The number of fused-ring (bicyclic) bond motifs is 2. The van der Waals surface area contributed by atoms with Crippen molar-refractivity contribution in [3.63, 3.8) is 0 Å². The van der Waals surface area contributed by atoms with Crippen LogP contribution in [0.1, 0.15) is 12.5 Å². The van der Waals surface area contributed by atoms with Crippen molar-refractivity contribution in [2.45, 2.75) is 34.1 Å². The molecule has 0 aliphatic carbocycles. The van der Waals surface area contributed by atoms with Gasteiger partial charge < -0.3 is 14.2 Å². The van der Waals surface area contributed by atoms with E-state index in [4.69, 9.17) is 14.2 Å². The van der Waals surface area contributed by atoms with Crippen LogP contribution < -0.4 is 18.5 Å². The van der Waals surface area contributed by atoms with E-state index in [0.717, 1.165) is 0 Å². The van der Waals surface area contributed by atoms with Gasteiger partial charge in [-0.2, -0.15) is 0 Å². The Bertz CT molecular complexity index is 1480. The van der Waals surface area contributed by atoms with Crippen molar-refractivity contribution in [1.29, 1.82) is 0 Å². The number of nitrogens with zero attached hydrogens (tertiary/aromatic N) is 1. The molecule has 0 N–H and O–H groups in total. The fraction of sp³-hybridized carbons (Fsp3) is 0.250. The van der Waals surface area contributed by atoms with Gasteiger partial charge >= 0.3 is 0 Å². The van der Waals surface area contributed by atoms with Crippen LogP contribution in [0.3, 0.4) is 0 Å². The first-order valence-corrected chi connectivity index (χ1v) is 13.6. The van der Waals surface area contributed by atoms with Gasteiger partial charge in [0.1, 0.15) is 19.0 Å². The molecule has 1 unspecified atom stereocenters. The van der Waals surface area contributed by atoms with Gasteiger partial charge in [-0.05, 0) is 61.4 Å². The quantitative estimate of drug-likeness (QED) is 0.528. The lowest BCUT2D eigenvalue weighted by molar-refractivity contribution is 0.171. The van der Waals surface area contributed by atoms with Gasteiger partial charge in [-0.15, -0.1) is 0 Å². The van der Waals surface area contributed by atoms with Crippen molar-refractivity contribution < 1.29 is 31.0 Å². The molecule has 0 fully saturated rings. The Morgan fingerprint density at radius 2 is 1.56 bits per heavy atom. The predicted molar refractivity (Wildman–Crippen MR) is 125 cm³/mol. The summed E-state index contributed by atoms with van der Waals surface area (Å²) in [5, 5.41) is 0. The molecule has 178 valence electrons. The van der Waals surface area contributed by atoms with Gasteiger partial charge in [0.2, 0.25) is 9.84 Å². The molecule has 2 heterocycles. The van der Waals surface area contributed by atoms with Crippen LogP contribution in [0.4, 0.5) is 5.69 Å². The smallest absolute Gasteiger partial charge is 0.264 e. The largest absolute Gasteiger partial charge is 0.497 e. The third kappa shape index (κ3) is 3.67. The minimum Gasteiger partial charge on any atom is -0.497 e. The summed E-state index contributed by atoms with van der Waals surface area (Å²) in [4.78, 5) is 0.291. The highest BCUT2D eigenvalue weighted by Crippen LogP contribution is 2.40. The van der Waals surface area contributed by atoms with Gasteiger partial charge in [-0.3, -0.25) is 4.31 Å².